The molecule has 0 aliphatic heterocycles. The molecule has 2 rings (SSSR count). The maximum absolute atomic E-state index is 4.65. The standard InChI is InChI=1S/C12H10BrNOS/c1-15-14-8-11-5-6-12(16-11)9-3-2-4-10(13)7-9/h2-8H,1H3/b14-8+. The maximum atomic E-state index is 4.65. The zero-order valence-corrected chi connectivity index (χ0v) is 11.1. The second-order valence-corrected chi connectivity index (χ2v) is 5.16. The summed E-state index contributed by atoms with van der Waals surface area (Å²) < 4.78 is 1.09. The van der Waals surface area contributed by atoms with E-state index in [0.29, 0.717) is 0 Å². The minimum absolute atomic E-state index is 1.08. The molecule has 0 fully saturated rings. The van der Waals surface area contributed by atoms with Gasteiger partial charge in [-0.2, -0.15) is 0 Å². The first-order valence-corrected chi connectivity index (χ1v) is 6.33. The van der Waals surface area contributed by atoms with Gasteiger partial charge in [0, 0.05) is 14.2 Å². The van der Waals surface area contributed by atoms with E-state index in [4.69, 9.17) is 0 Å². The molecule has 1 aromatic carbocycles. The molecule has 0 saturated carbocycles. The Bertz CT molecular complexity index is 507. The van der Waals surface area contributed by atoms with Gasteiger partial charge in [-0.15, -0.1) is 11.3 Å². The quantitative estimate of drug-likeness (QED) is 0.615. The summed E-state index contributed by atoms with van der Waals surface area (Å²) in [6.45, 7) is 0. The maximum Gasteiger partial charge on any atom is 0.106 e. The van der Waals surface area contributed by atoms with Crippen molar-refractivity contribution in [1.82, 2.24) is 0 Å². The van der Waals surface area contributed by atoms with Gasteiger partial charge < -0.3 is 4.84 Å². The third-order valence-electron chi connectivity index (χ3n) is 2.02. The van der Waals surface area contributed by atoms with Gasteiger partial charge in [-0.05, 0) is 29.8 Å². The average Bonchev–Trinajstić information content (AvgIpc) is 2.75. The summed E-state index contributed by atoms with van der Waals surface area (Å²) >= 11 is 5.15. The van der Waals surface area contributed by atoms with Crippen LogP contribution in [-0.4, -0.2) is 13.3 Å². The van der Waals surface area contributed by atoms with Crippen LogP contribution in [0.4, 0.5) is 0 Å². The third kappa shape index (κ3) is 2.71. The topological polar surface area (TPSA) is 21.6 Å². The van der Waals surface area contributed by atoms with E-state index in [2.05, 4.69) is 44.1 Å². The predicted molar refractivity (Wildman–Crippen MR) is 72.1 cm³/mol. The van der Waals surface area contributed by atoms with E-state index < -0.39 is 0 Å². The van der Waals surface area contributed by atoms with Crippen molar-refractivity contribution in [2.24, 2.45) is 5.16 Å². The highest BCUT2D eigenvalue weighted by Crippen LogP contribution is 2.29. The van der Waals surface area contributed by atoms with E-state index in [9.17, 15) is 0 Å². The summed E-state index contributed by atoms with van der Waals surface area (Å²) in [6.07, 6.45) is 1.71. The van der Waals surface area contributed by atoms with Crippen molar-refractivity contribution < 1.29 is 4.84 Å². The fraction of sp³-hybridized carbons (Fsp3) is 0.0833. The first-order valence-electron chi connectivity index (χ1n) is 4.72. The zero-order valence-electron chi connectivity index (χ0n) is 8.68. The lowest BCUT2D eigenvalue weighted by Gasteiger charge is -1.96. The predicted octanol–water partition coefficient (Wildman–Crippen LogP) is 4.16. The van der Waals surface area contributed by atoms with Crippen LogP contribution in [0.1, 0.15) is 4.88 Å². The van der Waals surface area contributed by atoms with Gasteiger partial charge in [0.1, 0.15) is 7.11 Å². The van der Waals surface area contributed by atoms with Crippen LogP contribution in [0.25, 0.3) is 10.4 Å². The number of hydrogen-bond donors (Lipinski definition) is 0. The molecule has 2 aromatic rings. The second-order valence-electron chi connectivity index (χ2n) is 3.13. The molecule has 0 amide bonds. The zero-order chi connectivity index (χ0) is 11.4. The van der Waals surface area contributed by atoms with Crippen molar-refractivity contribution in [2.75, 3.05) is 7.11 Å². The summed E-state index contributed by atoms with van der Waals surface area (Å²) in [6, 6.07) is 12.4. The molecule has 0 saturated heterocycles. The fourth-order valence-electron chi connectivity index (χ4n) is 1.32. The summed E-state index contributed by atoms with van der Waals surface area (Å²) in [7, 11) is 1.54. The van der Waals surface area contributed by atoms with Crippen molar-refractivity contribution in [3.8, 4) is 10.4 Å². The van der Waals surface area contributed by atoms with Crippen LogP contribution in [0, 0.1) is 0 Å². The van der Waals surface area contributed by atoms with Crippen molar-refractivity contribution >= 4 is 33.5 Å². The van der Waals surface area contributed by atoms with E-state index in [1.807, 2.05) is 18.2 Å². The normalized spacial score (nSPS) is 10.9. The molecule has 0 N–H and O–H groups in total. The number of thiophene rings is 1. The van der Waals surface area contributed by atoms with Gasteiger partial charge in [-0.25, -0.2) is 0 Å². The molecular formula is C12H10BrNOS. The van der Waals surface area contributed by atoms with E-state index in [-0.39, 0.29) is 0 Å². The summed E-state index contributed by atoms with van der Waals surface area (Å²) in [5, 5.41) is 3.74. The van der Waals surface area contributed by atoms with Crippen LogP contribution in [0.3, 0.4) is 0 Å². The summed E-state index contributed by atoms with van der Waals surface area (Å²) in [5.41, 5.74) is 1.21. The van der Waals surface area contributed by atoms with Gasteiger partial charge in [-0.1, -0.05) is 33.2 Å². The Morgan fingerprint density at radius 2 is 2.19 bits per heavy atom. The highest BCUT2D eigenvalue weighted by Gasteiger charge is 2.01. The summed E-state index contributed by atoms with van der Waals surface area (Å²) in [5.74, 6) is 0. The minimum Gasteiger partial charge on any atom is -0.399 e. The van der Waals surface area contributed by atoms with Crippen molar-refractivity contribution in [3.05, 3.63) is 45.7 Å². The van der Waals surface area contributed by atoms with Crippen molar-refractivity contribution in [1.29, 1.82) is 0 Å². The molecular weight excluding hydrogens is 286 g/mol. The van der Waals surface area contributed by atoms with Crippen molar-refractivity contribution in [2.45, 2.75) is 0 Å². The van der Waals surface area contributed by atoms with E-state index >= 15 is 0 Å². The number of halogens is 1. The van der Waals surface area contributed by atoms with Gasteiger partial charge in [0.25, 0.3) is 0 Å². The van der Waals surface area contributed by atoms with Crippen LogP contribution < -0.4 is 0 Å². The first kappa shape index (κ1) is 11.4. The molecule has 4 heteroatoms. The summed E-state index contributed by atoms with van der Waals surface area (Å²) in [4.78, 5) is 6.95. The lowest BCUT2D eigenvalue weighted by molar-refractivity contribution is 0.215. The number of benzene rings is 1. The molecule has 0 unspecified atom stereocenters. The molecule has 82 valence electrons. The van der Waals surface area contributed by atoms with E-state index in [0.717, 1.165) is 9.35 Å². The highest BCUT2D eigenvalue weighted by atomic mass is 79.9. The fourth-order valence-corrected chi connectivity index (χ4v) is 2.59. The Labute approximate surface area is 107 Å². The third-order valence-corrected chi connectivity index (χ3v) is 3.58. The molecule has 0 radical (unpaired) electrons. The van der Waals surface area contributed by atoms with Gasteiger partial charge >= 0.3 is 0 Å². The molecule has 0 atom stereocenters. The van der Waals surface area contributed by atoms with Crippen LogP contribution in [-0.2, 0) is 4.84 Å². The Balaban J connectivity index is 2.28. The molecule has 0 aliphatic carbocycles. The second kappa shape index (κ2) is 5.27. The van der Waals surface area contributed by atoms with E-state index in [1.54, 1.807) is 24.7 Å². The largest absolute Gasteiger partial charge is 0.399 e. The number of rotatable bonds is 3. The molecule has 0 bridgehead atoms. The smallest absolute Gasteiger partial charge is 0.106 e. The Hall–Kier alpha value is -1.13. The Kier molecular flexibility index (Phi) is 3.74. The van der Waals surface area contributed by atoms with Crippen LogP contribution in [0.2, 0.25) is 0 Å². The number of nitrogens with zero attached hydrogens (tertiary/aromatic N) is 1. The minimum atomic E-state index is 1.08. The number of oxime groups is 1. The lowest BCUT2D eigenvalue weighted by atomic mass is 10.2. The highest BCUT2D eigenvalue weighted by molar-refractivity contribution is 9.10. The molecule has 2 nitrogen and oxygen atoms in total. The van der Waals surface area contributed by atoms with Crippen LogP contribution in [0.5, 0.6) is 0 Å². The monoisotopic (exact) mass is 295 g/mol. The van der Waals surface area contributed by atoms with Gasteiger partial charge in [-0.3, -0.25) is 0 Å². The van der Waals surface area contributed by atoms with Crippen LogP contribution in [0.15, 0.2) is 46.0 Å². The van der Waals surface area contributed by atoms with Gasteiger partial charge in [0.05, 0.1) is 6.21 Å². The average molecular weight is 296 g/mol. The van der Waals surface area contributed by atoms with E-state index in [1.165, 1.54) is 10.4 Å². The number of hydrogen-bond acceptors (Lipinski definition) is 3. The Morgan fingerprint density at radius 3 is 2.94 bits per heavy atom. The Morgan fingerprint density at radius 1 is 1.31 bits per heavy atom. The molecule has 1 heterocycles. The molecule has 0 spiro atoms. The molecule has 0 aliphatic rings. The lowest BCUT2D eigenvalue weighted by Crippen LogP contribution is -1.73. The van der Waals surface area contributed by atoms with Gasteiger partial charge in [0.2, 0.25) is 0 Å². The SMILES string of the molecule is CO/N=C/c1ccc(-c2cccc(Br)c2)s1. The van der Waals surface area contributed by atoms with Crippen LogP contribution >= 0.6 is 27.3 Å². The van der Waals surface area contributed by atoms with Crippen molar-refractivity contribution in [3.63, 3.8) is 0 Å². The van der Waals surface area contributed by atoms with Gasteiger partial charge in [0.15, 0.2) is 0 Å². The first-order chi connectivity index (χ1) is 7.79. The molecule has 1 aromatic heterocycles. The molecule has 16 heavy (non-hydrogen) atoms.